The summed E-state index contributed by atoms with van der Waals surface area (Å²) in [5, 5.41) is 3.79. The van der Waals surface area contributed by atoms with Gasteiger partial charge in [0.2, 0.25) is 0 Å². The predicted molar refractivity (Wildman–Crippen MR) is 72.3 cm³/mol. The first-order chi connectivity index (χ1) is 9.28. The average molecular weight is 254 g/mol. The topological polar surface area (TPSA) is 50.7 Å². The third-order valence-corrected chi connectivity index (χ3v) is 2.82. The molecular formula is C14H11FN4. The van der Waals surface area contributed by atoms with Crippen LogP contribution in [0.5, 0.6) is 0 Å². The van der Waals surface area contributed by atoms with E-state index in [-0.39, 0.29) is 5.82 Å². The van der Waals surface area contributed by atoms with E-state index in [9.17, 15) is 4.39 Å². The van der Waals surface area contributed by atoms with E-state index in [0.717, 1.165) is 10.9 Å². The largest absolute Gasteiger partial charge is 0.373 e. The summed E-state index contributed by atoms with van der Waals surface area (Å²) in [4.78, 5) is 12.9. The van der Waals surface area contributed by atoms with Crippen LogP contribution in [0, 0.1) is 5.82 Å². The summed E-state index contributed by atoms with van der Waals surface area (Å²) in [7, 11) is 1.78. The Kier molecular flexibility index (Phi) is 2.79. The van der Waals surface area contributed by atoms with E-state index in [1.807, 2.05) is 12.1 Å². The maximum Gasteiger partial charge on any atom is 0.163 e. The number of rotatable bonds is 2. The second-order valence-electron chi connectivity index (χ2n) is 4.05. The fraction of sp³-hybridized carbons (Fsp3) is 0.0714. The zero-order valence-corrected chi connectivity index (χ0v) is 10.3. The second kappa shape index (κ2) is 4.61. The monoisotopic (exact) mass is 254 g/mol. The van der Waals surface area contributed by atoms with Crippen LogP contribution in [0.4, 0.5) is 10.2 Å². The summed E-state index contributed by atoms with van der Waals surface area (Å²) in [5.41, 5.74) is 1.36. The SMILES string of the molecule is CNc1nc(-c2cccnc2)nc2cc(F)ccc12. The van der Waals surface area contributed by atoms with Gasteiger partial charge in [-0.15, -0.1) is 0 Å². The third kappa shape index (κ3) is 2.10. The Labute approximate surface area is 109 Å². The van der Waals surface area contributed by atoms with E-state index in [4.69, 9.17) is 0 Å². The van der Waals surface area contributed by atoms with Crippen LogP contribution in [0.25, 0.3) is 22.3 Å². The van der Waals surface area contributed by atoms with E-state index in [0.29, 0.717) is 17.2 Å². The number of nitrogens with one attached hydrogen (secondary N) is 1. The van der Waals surface area contributed by atoms with Crippen molar-refractivity contribution in [2.75, 3.05) is 12.4 Å². The van der Waals surface area contributed by atoms with Crippen LogP contribution >= 0.6 is 0 Å². The van der Waals surface area contributed by atoms with E-state index >= 15 is 0 Å². The number of hydrogen-bond acceptors (Lipinski definition) is 4. The molecule has 0 aliphatic carbocycles. The molecule has 4 nitrogen and oxygen atoms in total. The zero-order chi connectivity index (χ0) is 13.2. The van der Waals surface area contributed by atoms with Crippen LogP contribution in [0.1, 0.15) is 0 Å². The van der Waals surface area contributed by atoms with E-state index in [2.05, 4.69) is 20.3 Å². The lowest BCUT2D eigenvalue weighted by Crippen LogP contribution is -1.99. The van der Waals surface area contributed by atoms with Crippen molar-refractivity contribution in [3.05, 3.63) is 48.5 Å². The van der Waals surface area contributed by atoms with E-state index in [1.54, 1.807) is 25.5 Å². The van der Waals surface area contributed by atoms with Crippen LogP contribution in [0.2, 0.25) is 0 Å². The minimum Gasteiger partial charge on any atom is -0.373 e. The summed E-state index contributed by atoms with van der Waals surface area (Å²) in [6, 6.07) is 8.15. The van der Waals surface area contributed by atoms with Crippen LogP contribution in [-0.4, -0.2) is 22.0 Å². The summed E-state index contributed by atoms with van der Waals surface area (Å²) >= 11 is 0. The Balaban J connectivity index is 2.27. The van der Waals surface area contributed by atoms with Crippen molar-refractivity contribution in [1.82, 2.24) is 15.0 Å². The van der Waals surface area contributed by atoms with Gasteiger partial charge in [0.15, 0.2) is 5.82 Å². The lowest BCUT2D eigenvalue weighted by atomic mass is 10.2. The molecule has 2 heterocycles. The van der Waals surface area contributed by atoms with Crippen LogP contribution < -0.4 is 5.32 Å². The molecule has 0 amide bonds. The highest BCUT2D eigenvalue weighted by atomic mass is 19.1. The summed E-state index contributed by atoms with van der Waals surface area (Å²) < 4.78 is 13.3. The molecule has 0 atom stereocenters. The van der Waals surface area contributed by atoms with Gasteiger partial charge in [0, 0.05) is 36.5 Å². The van der Waals surface area contributed by atoms with Crippen molar-refractivity contribution in [1.29, 1.82) is 0 Å². The molecule has 0 aliphatic heterocycles. The Morgan fingerprint density at radius 1 is 1.16 bits per heavy atom. The zero-order valence-electron chi connectivity index (χ0n) is 10.3. The van der Waals surface area contributed by atoms with Gasteiger partial charge in [-0.3, -0.25) is 4.98 Å². The summed E-state index contributed by atoms with van der Waals surface area (Å²) in [6.45, 7) is 0. The number of aromatic nitrogens is 3. The summed E-state index contributed by atoms with van der Waals surface area (Å²) in [6.07, 6.45) is 3.36. The Hall–Kier alpha value is -2.56. The molecule has 94 valence electrons. The Bertz CT molecular complexity index is 728. The van der Waals surface area contributed by atoms with Gasteiger partial charge in [0.25, 0.3) is 0 Å². The van der Waals surface area contributed by atoms with Crippen molar-refractivity contribution >= 4 is 16.7 Å². The smallest absolute Gasteiger partial charge is 0.163 e. The van der Waals surface area contributed by atoms with Gasteiger partial charge < -0.3 is 5.32 Å². The van der Waals surface area contributed by atoms with Crippen molar-refractivity contribution in [3.8, 4) is 11.4 Å². The van der Waals surface area contributed by atoms with Gasteiger partial charge in [-0.25, -0.2) is 14.4 Å². The number of anilines is 1. The molecule has 1 aromatic carbocycles. The maximum atomic E-state index is 13.3. The number of nitrogens with zero attached hydrogens (tertiary/aromatic N) is 3. The Morgan fingerprint density at radius 3 is 2.79 bits per heavy atom. The lowest BCUT2D eigenvalue weighted by molar-refractivity contribution is 0.629. The molecule has 0 bridgehead atoms. The molecule has 2 aromatic heterocycles. The predicted octanol–water partition coefficient (Wildman–Crippen LogP) is 2.87. The standard InChI is InChI=1S/C14H11FN4/c1-16-14-11-5-4-10(15)7-12(11)18-13(19-14)9-3-2-6-17-8-9/h2-8H,1H3,(H,16,18,19). The molecule has 0 spiro atoms. The number of pyridine rings is 1. The molecule has 0 aliphatic rings. The second-order valence-corrected chi connectivity index (χ2v) is 4.05. The van der Waals surface area contributed by atoms with E-state index < -0.39 is 0 Å². The van der Waals surface area contributed by atoms with Crippen LogP contribution in [0.3, 0.4) is 0 Å². The molecule has 0 saturated heterocycles. The minimum atomic E-state index is -0.314. The fourth-order valence-electron chi connectivity index (χ4n) is 1.92. The molecule has 1 N–H and O–H groups in total. The molecule has 5 heteroatoms. The molecule has 0 saturated carbocycles. The quantitative estimate of drug-likeness (QED) is 0.764. The Morgan fingerprint density at radius 2 is 2.05 bits per heavy atom. The van der Waals surface area contributed by atoms with Crippen molar-refractivity contribution < 1.29 is 4.39 Å². The molecule has 19 heavy (non-hydrogen) atoms. The van der Waals surface area contributed by atoms with Crippen molar-refractivity contribution in [2.24, 2.45) is 0 Å². The first-order valence-electron chi connectivity index (χ1n) is 5.83. The van der Waals surface area contributed by atoms with Gasteiger partial charge >= 0.3 is 0 Å². The number of benzene rings is 1. The first-order valence-corrected chi connectivity index (χ1v) is 5.83. The highest BCUT2D eigenvalue weighted by molar-refractivity contribution is 5.90. The van der Waals surface area contributed by atoms with Gasteiger partial charge in [0.1, 0.15) is 11.6 Å². The third-order valence-electron chi connectivity index (χ3n) is 2.82. The highest BCUT2D eigenvalue weighted by Crippen LogP contribution is 2.24. The van der Waals surface area contributed by atoms with Gasteiger partial charge in [-0.2, -0.15) is 0 Å². The first kappa shape index (κ1) is 11.5. The average Bonchev–Trinajstić information content (AvgIpc) is 2.46. The molecule has 0 radical (unpaired) electrons. The lowest BCUT2D eigenvalue weighted by Gasteiger charge is -2.08. The highest BCUT2D eigenvalue weighted by Gasteiger charge is 2.09. The van der Waals surface area contributed by atoms with Crippen LogP contribution in [-0.2, 0) is 0 Å². The normalized spacial score (nSPS) is 10.6. The number of halogens is 1. The van der Waals surface area contributed by atoms with Gasteiger partial charge in [-0.1, -0.05) is 0 Å². The fourth-order valence-corrected chi connectivity index (χ4v) is 1.92. The maximum absolute atomic E-state index is 13.3. The molecule has 0 unspecified atom stereocenters. The van der Waals surface area contributed by atoms with Gasteiger partial charge in [-0.05, 0) is 24.3 Å². The van der Waals surface area contributed by atoms with Gasteiger partial charge in [0.05, 0.1) is 5.52 Å². The molecule has 0 fully saturated rings. The van der Waals surface area contributed by atoms with Crippen LogP contribution in [0.15, 0.2) is 42.7 Å². The summed E-state index contributed by atoms with van der Waals surface area (Å²) in [5.74, 6) is 0.879. The van der Waals surface area contributed by atoms with Crippen molar-refractivity contribution in [2.45, 2.75) is 0 Å². The number of fused-ring (bicyclic) bond motifs is 1. The van der Waals surface area contributed by atoms with E-state index in [1.165, 1.54) is 12.1 Å². The molecular weight excluding hydrogens is 243 g/mol. The number of hydrogen-bond donors (Lipinski definition) is 1. The van der Waals surface area contributed by atoms with Crippen molar-refractivity contribution in [3.63, 3.8) is 0 Å². The molecule has 3 rings (SSSR count). The minimum absolute atomic E-state index is 0.314. The molecule has 3 aromatic rings.